The fourth-order valence-corrected chi connectivity index (χ4v) is 7.33. The van der Waals surface area contributed by atoms with Crippen LogP contribution in [0.4, 0.5) is 22.7 Å². The Hall–Kier alpha value is -4.56. The van der Waals surface area contributed by atoms with Crippen LogP contribution in [0.15, 0.2) is 121 Å². The van der Waals surface area contributed by atoms with Crippen LogP contribution in [0.2, 0.25) is 0 Å². The van der Waals surface area contributed by atoms with E-state index in [0.29, 0.717) is 0 Å². The van der Waals surface area contributed by atoms with Crippen LogP contribution in [-0.2, 0) is 12.8 Å². The number of anilines is 4. The summed E-state index contributed by atoms with van der Waals surface area (Å²) in [5.74, 6) is 0. The maximum absolute atomic E-state index is 3.85. The van der Waals surface area contributed by atoms with E-state index < -0.39 is 0 Å². The molecule has 6 aromatic carbocycles. The average Bonchev–Trinajstić information content (AvgIpc) is 3.16. The molecule has 6 aromatic rings. The Morgan fingerprint density at radius 1 is 0.360 bits per heavy atom. The third kappa shape index (κ3) is 9.36. The van der Waals surface area contributed by atoms with Gasteiger partial charge in [-0.2, -0.15) is 0 Å². The van der Waals surface area contributed by atoms with E-state index in [2.05, 4.69) is 146 Å². The van der Waals surface area contributed by atoms with Crippen molar-refractivity contribution in [1.29, 1.82) is 0 Å². The zero-order valence-electron chi connectivity index (χ0n) is 30.4. The minimum Gasteiger partial charge on any atom is -0.355 e. The lowest BCUT2D eigenvalue weighted by Crippen LogP contribution is -1.99. The molecule has 0 bridgehead atoms. The van der Waals surface area contributed by atoms with Crippen molar-refractivity contribution >= 4 is 44.3 Å². The van der Waals surface area contributed by atoms with E-state index in [1.165, 1.54) is 121 Å². The highest BCUT2D eigenvalue weighted by molar-refractivity contribution is 6.14. The van der Waals surface area contributed by atoms with E-state index in [-0.39, 0.29) is 0 Å². The molecule has 0 spiro atoms. The van der Waals surface area contributed by atoms with Gasteiger partial charge >= 0.3 is 0 Å². The van der Waals surface area contributed by atoms with E-state index in [0.717, 1.165) is 35.6 Å². The highest BCUT2D eigenvalue weighted by atomic mass is 14.9. The summed E-state index contributed by atoms with van der Waals surface area (Å²) in [6, 6.07) is 44.8. The van der Waals surface area contributed by atoms with Crippen LogP contribution in [0.5, 0.6) is 0 Å². The number of hydrogen-bond acceptors (Lipinski definition) is 2. The van der Waals surface area contributed by atoms with Gasteiger partial charge in [0.15, 0.2) is 0 Å². The number of hydrogen-bond donors (Lipinski definition) is 2. The van der Waals surface area contributed by atoms with Gasteiger partial charge in [-0.15, -0.1) is 0 Å². The molecule has 0 saturated heterocycles. The highest BCUT2D eigenvalue weighted by Gasteiger charge is 2.18. The number of benzene rings is 6. The van der Waals surface area contributed by atoms with Crippen molar-refractivity contribution in [2.75, 3.05) is 10.6 Å². The minimum absolute atomic E-state index is 1.11. The lowest BCUT2D eigenvalue weighted by atomic mass is 9.90. The second kappa shape index (κ2) is 18.4. The van der Waals surface area contributed by atoms with Crippen molar-refractivity contribution < 1.29 is 0 Å². The van der Waals surface area contributed by atoms with Gasteiger partial charge < -0.3 is 10.6 Å². The van der Waals surface area contributed by atoms with E-state index in [4.69, 9.17) is 0 Å². The number of fused-ring (bicyclic) bond motifs is 2. The minimum atomic E-state index is 1.11. The van der Waals surface area contributed by atoms with Crippen LogP contribution in [-0.4, -0.2) is 0 Å². The van der Waals surface area contributed by atoms with Crippen LogP contribution in [0, 0.1) is 0 Å². The van der Waals surface area contributed by atoms with Gasteiger partial charge in [0, 0.05) is 33.9 Å². The Kier molecular flexibility index (Phi) is 13.0. The van der Waals surface area contributed by atoms with Crippen molar-refractivity contribution in [3.05, 3.63) is 132 Å². The summed E-state index contributed by atoms with van der Waals surface area (Å²) < 4.78 is 0. The molecule has 0 fully saturated rings. The molecule has 2 heteroatoms. The molecule has 0 heterocycles. The van der Waals surface area contributed by atoms with Gasteiger partial charge in [0.2, 0.25) is 0 Å². The van der Waals surface area contributed by atoms with Gasteiger partial charge in [-0.25, -0.2) is 0 Å². The maximum atomic E-state index is 3.85. The number of nitrogens with one attached hydrogen (secondary N) is 2. The van der Waals surface area contributed by atoms with Crippen LogP contribution < -0.4 is 10.6 Å². The third-order valence-electron chi connectivity index (χ3n) is 10.2. The number of rotatable bonds is 19. The van der Waals surface area contributed by atoms with Gasteiger partial charge in [0.1, 0.15) is 0 Å². The Morgan fingerprint density at radius 3 is 1.16 bits per heavy atom. The molecule has 0 aliphatic rings. The van der Waals surface area contributed by atoms with E-state index in [9.17, 15) is 0 Å². The zero-order chi connectivity index (χ0) is 34.4. The predicted molar refractivity (Wildman–Crippen MR) is 220 cm³/mol. The molecule has 0 aliphatic heterocycles. The van der Waals surface area contributed by atoms with Crippen molar-refractivity contribution in [1.82, 2.24) is 0 Å². The second-order valence-electron chi connectivity index (χ2n) is 14.1. The molecule has 0 aliphatic carbocycles. The van der Waals surface area contributed by atoms with Gasteiger partial charge in [-0.3, -0.25) is 0 Å². The molecular weight excluding hydrogens is 605 g/mol. The first-order valence-corrected chi connectivity index (χ1v) is 19.5. The molecule has 50 heavy (non-hydrogen) atoms. The molecule has 0 saturated carbocycles. The third-order valence-corrected chi connectivity index (χ3v) is 10.2. The molecule has 6 rings (SSSR count). The van der Waals surface area contributed by atoms with Crippen molar-refractivity contribution in [3.8, 4) is 11.1 Å². The second-order valence-corrected chi connectivity index (χ2v) is 14.1. The first-order valence-electron chi connectivity index (χ1n) is 19.5. The van der Waals surface area contributed by atoms with Crippen molar-refractivity contribution in [3.63, 3.8) is 0 Å². The van der Waals surface area contributed by atoms with Crippen molar-refractivity contribution in [2.45, 2.75) is 104 Å². The summed E-state index contributed by atoms with van der Waals surface area (Å²) >= 11 is 0. The SMILES string of the molecule is CCCCCCCCc1ccc(Nc2ccc3ccccc3c2-c2c(Nc3ccc(CCCCCCCC)cc3)ccc3ccccc23)cc1. The summed E-state index contributed by atoms with van der Waals surface area (Å²) in [5, 5.41) is 12.7. The highest BCUT2D eigenvalue weighted by Crippen LogP contribution is 2.45. The van der Waals surface area contributed by atoms with Gasteiger partial charge in [0.05, 0.1) is 0 Å². The molecule has 2 N–H and O–H groups in total. The average molecular weight is 661 g/mol. The standard InChI is InChI=1S/C48H56N2/c1-3-5-7-9-11-13-19-37-25-31-41(32-26-37)49-45-35-29-39-21-15-17-23-43(39)47(45)48-44-24-18-16-22-40(44)30-36-46(48)50-42-33-27-38(28-34-42)20-14-12-10-8-6-4-2/h15-18,21-36,49-50H,3-14,19-20H2,1-2H3. The van der Waals surface area contributed by atoms with Gasteiger partial charge in [0.25, 0.3) is 0 Å². The molecule has 0 radical (unpaired) electrons. The Labute approximate surface area is 301 Å². The monoisotopic (exact) mass is 660 g/mol. The summed E-state index contributed by atoms with van der Waals surface area (Å²) in [7, 11) is 0. The summed E-state index contributed by atoms with van der Waals surface area (Å²) in [6.07, 6.45) is 18.3. The lowest BCUT2D eigenvalue weighted by Gasteiger charge is -2.21. The van der Waals surface area contributed by atoms with E-state index in [1.807, 2.05) is 0 Å². The van der Waals surface area contributed by atoms with Crippen LogP contribution >= 0.6 is 0 Å². The van der Waals surface area contributed by atoms with Crippen LogP contribution in [0.3, 0.4) is 0 Å². The Bertz CT molecular complexity index is 1780. The van der Waals surface area contributed by atoms with E-state index >= 15 is 0 Å². The topological polar surface area (TPSA) is 24.1 Å². The summed E-state index contributed by atoms with van der Waals surface area (Å²) in [6.45, 7) is 4.57. The molecule has 0 unspecified atom stereocenters. The van der Waals surface area contributed by atoms with Gasteiger partial charge in [-0.1, -0.05) is 163 Å². The zero-order valence-corrected chi connectivity index (χ0v) is 30.4. The molecule has 0 amide bonds. The smallest absolute Gasteiger partial charge is 0.0471 e. The largest absolute Gasteiger partial charge is 0.355 e. The normalized spacial score (nSPS) is 11.3. The van der Waals surface area contributed by atoms with Crippen LogP contribution in [0.1, 0.15) is 102 Å². The fraction of sp³-hybridized carbons (Fsp3) is 0.333. The predicted octanol–water partition coefficient (Wildman–Crippen LogP) is 15.0. The van der Waals surface area contributed by atoms with E-state index in [1.54, 1.807) is 0 Å². The Morgan fingerprint density at radius 2 is 0.740 bits per heavy atom. The molecular formula is C48H56N2. The summed E-state index contributed by atoms with van der Waals surface area (Å²) in [4.78, 5) is 0. The van der Waals surface area contributed by atoms with Crippen molar-refractivity contribution in [2.24, 2.45) is 0 Å². The first-order chi connectivity index (χ1) is 24.7. The quantitative estimate of drug-likeness (QED) is 0.0845. The summed E-state index contributed by atoms with van der Waals surface area (Å²) in [5.41, 5.74) is 9.73. The fourth-order valence-electron chi connectivity index (χ4n) is 7.33. The molecule has 0 aromatic heterocycles. The molecule has 258 valence electrons. The van der Waals surface area contributed by atoms with Gasteiger partial charge in [-0.05, 0) is 94.8 Å². The van der Waals surface area contributed by atoms with Crippen LogP contribution in [0.25, 0.3) is 32.7 Å². The number of aryl methyl sites for hydroxylation is 2. The molecule has 0 atom stereocenters. The lowest BCUT2D eigenvalue weighted by molar-refractivity contribution is 0.607. The number of unbranched alkanes of at least 4 members (excludes halogenated alkanes) is 10. The maximum Gasteiger partial charge on any atom is 0.0471 e. The Balaban J connectivity index is 1.28. The first kappa shape index (κ1) is 35.3. The molecule has 2 nitrogen and oxygen atoms in total.